The molecule has 2 amide bonds. The molecule has 4 rings (SSSR count). The van der Waals surface area contributed by atoms with Crippen LogP contribution in [-0.4, -0.2) is 39.6 Å². The first-order valence-electron chi connectivity index (χ1n) is 13.5. The van der Waals surface area contributed by atoms with E-state index >= 15 is 0 Å². The van der Waals surface area contributed by atoms with E-state index in [-0.39, 0.29) is 39.2 Å². The Kier molecular flexibility index (Phi) is 11.0. The van der Waals surface area contributed by atoms with Crippen molar-refractivity contribution in [3.05, 3.63) is 124 Å². The highest BCUT2D eigenvalue weighted by Crippen LogP contribution is 2.29. The Morgan fingerprint density at radius 2 is 1.55 bits per heavy atom. The molecule has 0 spiro atoms. The van der Waals surface area contributed by atoms with Gasteiger partial charge in [0.25, 0.3) is 21.8 Å². The number of aryl methyl sites for hydroxylation is 1. The molecular formula is C32H30Cl2N4O5S. The molecule has 4 aromatic rings. The van der Waals surface area contributed by atoms with Gasteiger partial charge in [-0.3, -0.25) is 13.9 Å². The Morgan fingerprint density at radius 3 is 2.18 bits per heavy atom. The van der Waals surface area contributed by atoms with E-state index in [1.807, 2.05) is 44.2 Å². The van der Waals surface area contributed by atoms with Gasteiger partial charge in [-0.1, -0.05) is 71.2 Å². The number of anilines is 1. The number of nitrogens with one attached hydrogen (secondary N) is 2. The Bertz CT molecular complexity index is 1710. The average Bonchev–Trinajstić information content (AvgIpc) is 2.99. The van der Waals surface area contributed by atoms with E-state index in [0.717, 1.165) is 15.4 Å². The van der Waals surface area contributed by atoms with Crippen molar-refractivity contribution in [2.24, 2.45) is 5.10 Å². The van der Waals surface area contributed by atoms with Crippen LogP contribution in [0.25, 0.3) is 0 Å². The van der Waals surface area contributed by atoms with Gasteiger partial charge in [0.15, 0.2) is 6.61 Å². The molecule has 0 aliphatic heterocycles. The normalized spacial score (nSPS) is 12.0. The molecule has 4 aromatic carbocycles. The number of amides is 2. The van der Waals surface area contributed by atoms with Gasteiger partial charge in [-0.25, -0.2) is 13.8 Å². The fourth-order valence-corrected chi connectivity index (χ4v) is 6.01. The van der Waals surface area contributed by atoms with Gasteiger partial charge < -0.3 is 10.1 Å². The second kappa shape index (κ2) is 14.9. The van der Waals surface area contributed by atoms with Gasteiger partial charge >= 0.3 is 0 Å². The SMILES string of the molecule is Cc1ccc(S(=O)(=O)N(CC(=O)N/N=C\c2ccc(OCC(=O)N[C@@H](C)c3ccccc3)cc2)c2cc(Cl)cc(Cl)c2)cc1. The Morgan fingerprint density at radius 1 is 0.909 bits per heavy atom. The fraction of sp³-hybridized carbons (Fsp3) is 0.156. The van der Waals surface area contributed by atoms with E-state index in [9.17, 15) is 18.0 Å². The molecule has 0 fully saturated rings. The molecule has 44 heavy (non-hydrogen) atoms. The van der Waals surface area contributed by atoms with Crippen molar-refractivity contribution in [2.75, 3.05) is 17.5 Å². The molecule has 0 aromatic heterocycles. The number of hydrazone groups is 1. The minimum absolute atomic E-state index is 0.000922. The van der Waals surface area contributed by atoms with E-state index < -0.39 is 22.5 Å². The number of nitrogens with zero attached hydrogens (tertiary/aromatic N) is 2. The zero-order chi connectivity index (χ0) is 31.7. The molecule has 0 saturated carbocycles. The Hall–Kier alpha value is -4.38. The molecule has 12 heteroatoms. The summed E-state index contributed by atoms with van der Waals surface area (Å²) >= 11 is 12.3. The van der Waals surface area contributed by atoms with Crippen LogP contribution in [0.3, 0.4) is 0 Å². The third-order valence-corrected chi connectivity index (χ3v) is 8.59. The van der Waals surface area contributed by atoms with Crippen LogP contribution < -0.4 is 19.8 Å². The summed E-state index contributed by atoms with van der Waals surface area (Å²) in [4.78, 5) is 25.1. The monoisotopic (exact) mass is 652 g/mol. The molecule has 1 atom stereocenters. The number of rotatable bonds is 12. The minimum atomic E-state index is -4.15. The third kappa shape index (κ3) is 9.06. The first kappa shape index (κ1) is 32.5. The molecular weight excluding hydrogens is 623 g/mol. The van der Waals surface area contributed by atoms with Crippen molar-refractivity contribution >= 4 is 56.9 Å². The summed E-state index contributed by atoms with van der Waals surface area (Å²) in [6, 6.07) is 26.7. The molecule has 0 bridgehead atoms. The summed E-state index contributed by atoms with van der Waals surface area (Å²) in [5.74, 6) is -0.470. The van der Waals surface area contributed by atoms with Gasteiger partial charge in [0, 0.05) is 10.0 Å². The summed E-state index contributed by atoms with van der Waals surface area (Å²) in [5.41, 5.74) is 4.98. The molecule has 0 aliphatic rings. The van der Waals surface area contributed by atoms with Crippen LogP contribution in [0.5, 0.6) is 5.75 Å². The standard InChI is InChI=1S/C32H30Cl2N4O5S/c1-22-8-14-30(15-9-22)44(41,42)38(28-17-26(33)16-27(34)18-28)20-31(39)37-35-19-24-10-12-29(13-11-24)43-21-32(40)36-23(2)25-6-4-3-5-7-25/h3-19,23H,20-21H2,1-2H3,(H,36,40)(H,37,39)/b35-19-/t23-/m0/s1. The summed E-state index contributed by atoms with van der Waals surface area (Å²) < 4.78 is 33.5. The number of halogens is 2. The number of sulfonamides is 1. The van der Waals surface area contributed by atoms with Gasteiger partial charge in [0.05, 0.1) is 22.8 Å². The maximum atomic E-state index is 13.5. The molecule has 0 heterocycles. The van der Waals surface area contributed by atoms with Crippen molar-refractivity contribution in [1.29, 1.82) is 0 Å². The highest BCUT2D eigenvalue weighted by molar-refractivity contribution is 7.92. The second-order valence-electron chi connectivity index (χ2n) is 9.80. The summed E-state index contributed by atoms with van der Waals surface area (Å²) in [6.45, 7) is 3.00. The van der Waals surface area contributed by atoms with Crippen molar-refractivity contribution in [3.8, 4) is 5.75 Å². The summed E-state index contributed by atoms with van der Waals surface area (Å²) in [6.07, 6.45) is 1.39. The van der Waals surface area contributed by atoms with Crippen LogP contribution in [0.2, 0.25) is 10.0 Å². The van der Waals surface area contributed by atoms with Crippen molar-refractivity contribution in [3.63, 3.8) is 0 Å². The zero-order valence-electron chi connectivity index (χ0n) is 23.9. The van der Waals surface area contributed by atoms with Crippen LogP contribution in [0.1, 0.15) is 29.7 Å². The van der Waals surface area contributed by atoms with Crippen LogP contribution in [0.15, 0.2) is 107 Å². The lowest BCUT2D eigenvalue weighted by Gasteiger charge is -2.24. The van der Waals surface area contributed by atoms with Crippen LogP contribution in [-0.2, 0) is 19.6 Å². The van der Waals surface area contributed by atoms with Gasteiger partial charge in [0.2, 0.25) is 0 Å². The molecule has 228 valence electrons. The highest BCUT2D eigenvalue weighted by atomic mass is 35.5. The second-order valence-corrected chi connectivity index (χ2v) is 12.5. The highest BCUT2D eigenvalue weighted by Gasteiger charge is 2.27. The average molecular weight is 654 g/mol. The van der Waals surface area contributed by atoms with Crippen LogP contribution in [0, 0.1) is 6.92 Å². The van der Waals surface area contributed by atoms with Gasteiger partial charge in [-0.2, -0.15) is 5.10 Å². The van der Waals surface area contributed by atoms with Crippen molar-refractivity contribution in [2.45, 2.75) is 24.8 Å². The van der Waals surface area contributed by atoms with Crippen molar-refractivity contribution < 1.29 is 22.7 Å². The fourth-order valence-electron chi connectivity index (χ4n) is 4.09. The van der Waals surface area contributed by atoms with Gasteiger partial charge in [-0.05, 0) is 79.6 Å². The lowest BCUT2D eigenvalue weighted by molar-refractivity contribution is -0.123. The number of carbonyl (C=O) groups excluding carboxylic acids is 2. The van der Waals surface area contributed by atoms with Gasteiger partial charge in [-0.15, -0.1) is 0 Å². The van der Waals surface area contributed by atoms with E-state index in [1.54, 1.807) is 36.4 Å². The predicted molar refractivity (Wildman–Crippen MR) is 173 cm³/mol. The number of benzene rings is 4. The van der Waals surface area contributed by atoms with Crippen LogP contribution in [0.4, 0.5) is 5.69 Å². The topological polar surface area (TPSA) is 117 Å². The smallest absolute Gasteiger partial charge is 0.264 e. The third-order valence-electron chi connectivity index (χ3n) is 6.36. The summed E-state index contributed by atoms with van der Waals surface area (Å²) in [5, 5.41) is 7.26. The molecule has 0 radical (unpaired) electrons. The van der Waals surface area contributed by atoms with E-state index in [4.69, 9.17) is 27.9 Å². The molecule has 0 unspecified atom stereocenters. The van der Waals surface area contributed by atoms with E-state index in [1.165, 1.54) is 36.5 Å². The predicted octanol–water partition coefficient (Wildman–Crippen LogP) is 5.90. The Balaban J connectivity index is 1.35. The first-order valence-corrected chi connectivity index (χ1v) is 15.7. The maximum absolute atomic E-state index is 13.5. The summed E-state index contributed by atoms with van der Waals surface area (Å²) in [7, 11) is -4.15. The molecule has 9 nitrogen and oxygen atoms in total. The molecule has 0 saturated heterocycles. The number of ether oxygens (including phenoxy) is 1. The number of hydrogen-bond donors (Lipinski definition) is 2. The lowest BCUT2D eigenvalue weighted by Crippen LogP contribution is -2.39. The van der Waals surface area contributed by atoms with Gasteiger partial charge in [0.1, 0.15) is 12.3 Å². The lowest BCUT2D eigenvalue weighted by atomic mass is 10.1. The zero-order valence-corrected chi connectivity index (χ0v) is 26.2. The number of carbonyl (C=O) groups is 2. The van der Waals surface area contributed by atoms with Crippen molar-refractivity contribution in [1.82, 2.24) is 10.7 Å². The quantitative estimate of drug-likeness (QED) is 0.146. The molecule has 2 N–H and O–H groups in total. The maximum Gasteiger partial charge on any atom is 0.264 e. The minimum Gasteiger partial charge on any atom is -0.484 e. The Labute approximate surface area is 266 Å². The largest absolute Gasteiger partial charge is 0.484 e. The van der Waals surface area contributed by atoms with E-state index in [2.05, 4.69) is 15.8 Å². The molecule has 0 aliphatic carbocycles. The number of hydrogen-bond acceptors (Lipinski definition) is 6. The van der Waals surface area contributed by atoms with Crippen LogP contribution >= 0.6 is 23.2 Å². The first-order chi connectivity index (χ1) is 21.0. The van der Waals surface area contributed by atoms with E-state index in [0.29, 0.717) is 11.3 Å².